The lowest BCUT2D eigenvalue weighted by Crippen LogP contribution is -2.31. The van der Waals surface area contributed by atoms with Crippen molar-refractivity contribution in [1.82, 2.24) is 25.2 Å². The van der Waals surface area contributed by atoms with Gasteiger partial charge in [-0.1, -0.05) is 13.8 Å². The minimum atomic E-state index is -0.345. The van der Waals surface area contributed by atoms with Gasteiger partial charge in [0, 0.05) is 25.3 Å². The number of ether oxygens (including phenoxy) is 2. The van der Waals surface area contributed by atoms with Crippen LogP contribution in [0.3, 0.4) is 0 Å². The van der Waals surface area contributed by atoms with Gasteiger partial charge in [-0.3, -0.25) is 10.3 Å². The quantitative estimate of drug-likeness (QED) is 0.346. The number of aromatic hydroxyl groups is 1. The van der Waals surface area contributed by atoms with Crippen LogP contribution in [-0.2, 0) is 4.74 Å². The van der Waals surface area contributed by atoms with Crippen molar-refractivity contribution in [3.05, 3.63) is 36.5 Å². The van der Waals surface area contributed by atoms with Crippen molar-refractivity contribution in [1.29, 1.82) is 0 Å². The van der Waals surface area contributed by atoms with Crippen LogP contribution in [0.2, 0.25) is 0 Å². The monoisotopic (exact) mass is 468 g/mol. The number of hydrogen-bond acceptors (Lipinski definition) is 8. The molecule has 3 aromatic rings. The number of rotatable bonds is 12. The molecule has 3 N–H and O–H groups in total. The van der Waals surface area contributed by atoms with Gasteiger partial charge in [0.05, 0.1) is 25.6 Å². The van der Waals surface area contributed by atoms with E-state index in [0.29, 0.717) is 48.2 Å². The molecule has 10 heteroatoms. The molecule has 3 rings (SSSR count). The van der Waals surface area contributed by atoms with Gasteiger partial charge in [-0.25, -0.2) is 14.8 Å². The Morgan fingerprint density at radius 2 is 1.94 bits per heavy atom. The van der Waals surface area contributed by atoms with Gasteiger partial charge in [-0.2, -0.15) is 0 Å². The Hall–Kier alpha value is -3.50. The number of likely N-dealkylation sites (N-methyl/N-ethyl adjacent to an activating group) is 1. The van der Waals surface area contributed by atoms with Crippen LogP contribution in [0.4, 0.5) is 10.6 Å². The standard InChI is InChI=1S/C24H32N6O4/c1-4-30(5-2)12-14-34-13-6-11-25-24(32)29-22-10-8-18-23(28-22)27-19(16-26-18)17-7-9-20(31)21(15-17)33-3/h7-10,15-16,31H,4-6,11-14H2,1-3H3,(H2,25,27,28,29,32). The molecule has 10 nitrogen and oxygen atoms in total. The minimum Gasteiger partial charge on any atom is -0.504 e. The average molecular weight is 469 g/mol. The molecule has 0 unspecified atom stereocenters. The fraction of sp³-hybridized carbons (Fsp3) is 0.417. The third kappa shape index (κ3) is 7.00. The van der Waals surface area contributed by atoms with Crippen LogP contribution in [0, 0.1) is 0 Å². The third-order valence-electron chi connectivity index (χ3n) is 5.32. The molecule has 2 aromatic heterocycles. The summed E-state index contributed by atoms with van der Waals surface area (Å²) in [4.78, 5) is 27.9. The second-order valence-corrected chi connectivity index (χ2v) is 7.55. The Balaban J connectivity index is 1.51. The number of phenolic OH excluding ortho intramolecular Hbond substituents is 1. The molecule has 0 atom stereocenters. The van der Waals surface area contributed by atoms with Crippen molar-refractivity contribution in [2.45, 2.75) is 20.3 Å². The van der Waals surface area contributed by atoms with E-state index in [1.54, 1.807) is 30.5 Å². The highest BCUT2D eigenvalue weighted by molar-refractivity contribution is 5.89. The zero-order chi connectivity index (χ0) is 24.3. The SMILES string of the molecule is CCN(CC)CCOCCCNC(=O)Nc1ccc2ncc(-c3ccc(O)c(OC)c3)nc2n1. The topological polar surface area (TPSA) is 122 Å². The molecule has 34 heavy (non-hydrogen) atoms. The molecule has 0 spiro atoms. The molecule has 0 aliphatic carbocycles. The average Bonchev–Trinajstić information content (AvgIpc) is 2.85. The summed E-state index contributed by atoms with van der Waals surface area (Å²) in [7, 11) is 1.48. The van der Waals surface area contributed by atoms with E-state index in [0.717, 1.165) is 31.6 Å². The second kappa shape index (κ2) is 12.7. The van der Waals surface area contributed by atoms with Crippen molar-refractivity contribution in [3.63, 3.8) is 0 Å². The van der Waals surface area contributed by atoms with Gasteiger partial charge in [0.15, 0.2) is 17.1 Å². The maximum Gasteiger partial charge on any atom is 0.320 e. The van der Waals surface area contributed by atoms with E-state index >= 15 is 0 Å². The summed E-state index contributed by atoms with van der Waals surface area (Å²) >= 11 is 0. The smallest absolute Gasteiger partial charge is 0.320 e. The van der Waals surface area contributed by atoms with Gasteiger partial charge in [0.25, 0.3) is 0 Å². The van der Waals surface area contributed by atoms with Crippen molar-refractivity contribution in [2.24, 2.45) is 0 Å². The van der Waals surface area contributed by atoms with E-state index in [1.165, 1.54) is 13.2 Å². The lowest BCUT2D eigenvalue weighted by atomic mass is 10.1. The van der Waals surface area contributed by atoms with Gasteiger partial charge in [0.2, 0.25) is 0 Å². The van der Waals surface area contributed by atoms with Crippen molar-refractivity contribution in [3.8, 4) is 22.8 Å². The molecule has 0 saturated heterocycles. The molecule has 0 aliphatic rings. The van der Waals surface area contributed by atoms with Gasteiger partial charge in [-0.05, 0) is 49.8 Å². The van der Waals surface area contributed by atoms with Gasteiger partial charge >= 0.3 is 6.03 Å². The number of carbonyl (C=O) groups excluding carboxylic acids is 1. The highest BCUT2D eigenvalue weighted by atomic mass is 16.5. The minimum absolute atomic E-state index is 0.0433. The van der Waals surface area contributed by atoms with Crippen LogP contribution in [0.1, 0.15) is 20.3 Å². The summed E-state index contributed by atoms with van der Waals surface area (Å²) in [6.45, 7) is 9.00. The first-order chi connectivity index (χ1) is 16.5. The Morgan fingerprint density at radius 1 is 1.12 bits per heavy atom. The molecule has 1 aromatic carbocycles. The number of urea groups is 1. The predicted molar refractivity (Wildman–Crippen MR) is 131 cm³/mol. The summed E-state index contributed by atoms with van der Waals surface area (Å²) in [5.74, 6) is 0.755. The fourth-order valence-electron chi connectivity index (χ4n) is 3.32. The maximum absolute atomic E-state index is 12.2. The molecule has 0 radical (unpaired) electrons. The molecular formula is C24H32N6O4. The molecule has 0 bridgehead atoms. The zero-order valence-electron chi connectivity index (χ0n) is 19.9. The highest BCUT2D eigenvalue weighted by Gasteiger charge is 2.10. The molecule has 0 saturated carbocycles. The van der Waals surface area contributed by atoms with E-state index in [1.807, 2.05) is 0 Å². The summed E-state index contributed by atoms with van der Waals surface area (Å²) in [6, 6.07) is 8.00. The van der Waals surface area contributed by atoms with Gasteiger partial charge in [0.1, 0.15) is 11.3 Å². The Kier molecular flexibility index (Phi) is 9.36. The van der Waals surface area contributed by atoms with Crippen LogP contribution in [0.25, 0.3) is 22.4 Å². The first-order valence-corrected chi connectivity index (χ1v) is 11.4. The number of carbonyl (C=O) groups is 1. The van der Waals surface area contributed by atoms with Crippen LogP contribution in [-0.4, -0.2) is 77.5 Å². The van der Waals surface area contributed by atoms with E-state index in [-0.39, 0.29) is 11.8 Å². The Bertz CT molecular complexity index is 1090. The summed E-state index contributed by atoms with van der Waals surface area (Å²) in [5.41, 5.74) is 2.29. The number of phenols is 1. The zero-order valence-corrected chi connectivity index (χ0v) is 19.9. The van der Waals surface area contributed by atoms with Crippen LogP contribution in [0.15, 0.2) is 36.5 Å². The van der Waals surface area contributed by atoms with Crippen molar-refractivity contribution < 1.29 is 19.4 Å². The first-order valence-electron chi connectivity index (χ1n) is 11.4. The summed E-state index contributed by atoms with van der Waals surface area (Å²) in [5, 5.41) is 15.3. The summed E-state index contributed by atoms with van der Waals surface area (Å²) < 4.78 is 10.8. The number of anilines is 1. The number of benzene rings is 1. The van der Waals surface area contributed by atoms with Crippen LogP contribution >= 0.6 is 0 Å². The van der Waals surface area contributed by atoms with E-state index in [2.05, 4.69) is 44.3 Å². The largest absolute Gasteiger partial charge is 0.504 e. The first kappa shape index (κ1) is 25.1. The molecule has 2 heterocycles. The normalized spacial score (nSPS) is 11.1. The number of nitrogens with one attached hydrogen (secondary N) is 2. The molecule has 2 amide bonds. The van der Waals surface area contributed by atoms with Crippen molar-refractivity contribution in [2.75, 3.05) is 51.8 Å². The number of hydrogen-bond donors (Lipinski definition) is 3. The number of methoxy groups -OCH3 is 1. The number of amides is 2. The highest BCUT2D eigenvalue weighted by Crippen LogP contribution is 2.30. The number of nitrogens with zero attached hydrogens (tertiary/aromatic N) is 4. The number of fused-ring (bicyclic) bond motifs is 1. The van der Waals surface area contributed by atoms with E-state index in [4.69, 9.17) is 9.47 Å². The maximum atomic E-state index is 12.2. The molecular weight excluding hydrogens is 436 g/mol. The Labute approximate surface area is 199 Å². The number of pyridine rings is 1. The van der Waals surface area contributed by atoms with Crippen LogP contribution < -0.4 is 15.4 Å². The second-order valence-electron chi connectivity index (χ2n) is 7.55. The van der Waals surface area contributed by atoms with E-state index < -0.39 is 0 Å². The van der Waals surface area contributed by atoms with Crippen molar-refractivity contribution >= 4 is 23.0 Å². The fourth-order valence-corrected chi connectivity index (χ4v) is 3.32. The molecule has 0 fully saturated rings. The lowest BCUT2D eigenvalue weighted by Gasteiger charge is -2.17. The van der Waals surface area contributed by atoms with Crippen LogP contribution in [0.5, 0.6) is 11.5 Å². The predicted octanol–water partition coefficient (Wildman–Crippen LogP) is 3.28. The van der Waals surface area contributed by atoms with Gasteiger partial charge < -0.3 is 24.8 Å². The number of aromatic nitrogens is 3. The molecule has 182 valence electrons. The third-order valence-corrected chi connectivity index (χ3v) is 5.32. The lowest BCUT2D eigenvalue weighted by molar-refractivity contribution is 0.105. The van der Waals surface area contributed by atoms with E-state index in [9.17, 15) is 9.90 Å². The molecule has 0 aliphatic heterocycles. The summed E-state index contributed by atoms with van der Waals surface area (Å²) in [6.07, 6.45) is 2.35. The van der Waals surface area contributed by atoms with Gasteiger partial charge in [-0.15, -0.1) is 0 Å². The Morgan fingerprint density at radius 3 is 2.71 bits per heavy atom.